The van der Waals surface area contributed by atoms with E-state index in [0.29, 0.717) is 29.2 Å². The number of aromatic amines is 1. The Hall–Kier alpha value is -2.02. The predicted molar refractivity (Wildman–Crippen MR) is 87.2 cm³/mol. The lowest BCUT2D eigenvalue weighted by Crippen LogP contribution is -2.26. The zero-order chi connectivity index (χ0) is 15.8. The molecule has 2 aromatic heterocycles. The quantitative estimate of drug-likeness (QED) is 0.731. The highest BCUT2D eigenvalue weighted by molar-refractivity contribution is 7.99. The van der Waals surface area contributed by atoms with E-state index in [0.717, 1.165) is 12.2 Å². The maximum Gasteiger partial charge on any atom is 0.230 e. The topological polar surface area (TPSA) is 83.8 Å². The Labute approximate surface area is 133 Å². The van der Waals surface area contributed by atoms with Gasteiger partial charge < -0.3 is 9.73 Å². The van der Waals surface area contributed by atoms with Crippen LogP contribution in [0.1, 0.15) is 31.9 Å². The summed E-state index contributed by atoms with van der Waals surface area (Å²) in [5.74, 6) is 2.28. The van der Waals surface area contributed by atoms with Crippen molar-refractivity contribution in [3.05, 3.63) is 30.0 Å². The van der Waals surface area contributed by atoms with E-state index in [1.54, 1.807) is 18.4 Å². The van der Waals surface area contributed by atoms with Gasteiger partial charge in [-0.05, 0) is 36.6 Å². The van der Waals surface area contributed by atoms with Gasteiger partial charge in [0.1, 0.15) is 11.6 Å². The Kier molecular flexibility index (Phi) is 6.27. The standard InChI is InChI=1S/C15H20N4O2S/c1-11(2)7-8-16-14(20)10-22-15-17-13(18-19-15)6-5-12-4-3-9-21-12/h3-6,9,11H,7-8,10H2,1-2H3,(H,16,20)(H,17,18,19). The van der Waals surface area contributed by atoms with Crippen LogP contribution in [0.5, 0.6) is 0 Å². The smallest absolute Gasteiger partial charge is 0.230 e. The maximum absolute atomic E-state index is 11.7. The molecule has 1 amide bonds. The van der Waals surface area contributed by atoms with Gasteiger partial charge >= 0.3 is 0 Å². The Bertz CT molecular complexity index is 605. The van der Waals surface area contributed by atoms with E-state index >= 15 is 0 Å². The summed E-state index contributed by atoms with van der Waals surface area (Å²) in [4.78, 5) is 15.9. The van der Waals surface area contributed by atoms with Crippen molar-refractivity contribution in [2.75, 3.05) is 12.3 Å². The number of amides is 1. The second-order valence-electron chi connectivity index (χ2n) is 5.17. The van der Waals surface area contributed by atoms with Crippen LogP contribution in [0.3, 0.4) is 0 Å². The molecule has 0 fully saturated rings. The molecule has 0 aliphatic heterocycles. The third kappa shape index (κ3) is 5.77. The van der Waals surface area contributed by atoms with Crippen molar-refractivity contribution >= 4 is 29.8 Å². The van der Waals surface area contributed by atoms with Crippen LogP contribution in [0, 0.1) is 5.92 Å². The van der Waals surface area contributed by atoms with E-state index in [9.17, 15) is 4.79 Å². The van der Waals surface area contributed by atoms with Crippen LogP contribution in [-0.4, -0.2) is 33.4 Å². The minimum atomic E-state index is 0.00290. The minimum Gasteiger partial charge on any atom is -0.465 e. The number of aromatic nitrogens is 3. The molecule has 7 heteroatoms. The second kappa shape index (κ2) is 8.43. The number of furan rings is 1. The molecular formula is C15H20N4O2S. The van der Waals surface area contributed by atoms with Crippen molar-refractivity contribution in [2.24, 2.45) is 5.92 Å². The third-order valence-electron chi connectivity index (χ3n) is 2.81. The van der Waals surface area contributed by atoms with Crippen LogP contribution < -0.4 is 5.32 Å². The number of rotatable bonds is 8. The van der Waals surface area contributed by atoms with E-state index < -0.39 is 0 Å². The molecule has 0 aromatic carbocycles. The number of H-pyrrole nitrogens is 1. The van der Waals surface area contributed by atoms with Gasteiger partial charge in [-0.2, -0.15) is 0 Å². The molecule has 0 unspecified atom stereocenters. The van der Waals surface area contributed by atoms with E-state index in [1.807, 2.05) is 12.1 Å². The van der Waals surface area contributed by atoms with Gasteiger partial charge in [0.25, 0.3) is 0 Å². The zero-order valence-corrected chi connectivity index (χ0v) is 13.5. The van der Waals surface area contributed by atoms with E-state index in [1.165, 1.54) is 11.8 Å². The SMILES string of the molecule is CC(C)CCNC(=O)CSc1n[nH]c(C=Cc2ccco2)n1. The summed E-state index contributed by atoms with van der Waals surface area (Å²) in [6.45, 7) is 4.97. The van der Waals surface area contributed by atoms with Crippen LogP contribution in [0.2, 0.25) is 0 Å². The van der Waals surface area contributed by atoms with Gasteiger partial charge in [-0.3, -0.25) is 9.89 Å². The molecule has 0 radical (unpaired) electrons. The highest BCUT2D eigenvalue weighted by Gasteiger charge is 2.06. The lowest BCUT2D eigenvalue weighted by atomic mass is 10.1. The number of nitrogens with zero attached hydrogens (tertiary/aromatic N) is 2. The fraction of sp³-hybridized carbons (Fsp3) is 0.400. The largest absolute Gasteiger partial charge is 0.465 e. The first-order valence-electron chi connectivity index (χ1n) is 7.17. The van der Waals surface area contributed by atoms with Gasteiger partial charge in [-0.15, -0.1) is 5.10 Å². The first kappa shape index (κ1) is 16.4. The Morgan fingerprint density at radius 2 is 2.36 bits per heavy atom. The van der Waals surface area contributed by atoms with Crippen molar-refractivity contribution < 1.29 is 9.21 Å². The number of carbonyl (C=O) groups excluding carboxylic acids is 1. The molecule has 2 N–H and O–H groups in total. The lowest BCUT2D eigenvalue weighted by molar-refractivity contribution is -0.118. The Morgan fingerprint density at radius 3 is 3.09 bits per heavy atom. The van der Waals surface area contributed by atoms with Crippen molar-refractivity contribution in [1.82, 2.24) is 20.5 Å². The van der Waals surface area contributed by atoms with E-state index in [4.69, 9.17) is 4.42 Å². The first-order chi connectivity index (χ1) is 10.6. The van der Waals surface area contributed by atoms with Crippen molar-refractivity contribution in [2.45, 2.75) is 25.4 Å². The summed E-state index contributed by atoms with van der Waals surface area (Å²) in [6.07, 6.45) is 6.17. The molecule has 0 atom stereocenters. The Morgan fingerprint density at radius 1 is 1.50 bits per heavy atom. The molecule has 0 saturated heterocycles. The van der Waals surface area contributed by atoms with E-state index in [-0.39, 0.29) is 5.91 Å². The van der Waals surface area contributed by atoms with Crippen LogP contribution in [0.4, 0.5) is 0 Å². The number of nitrogens with one attached hydrogen (secondary N) is 2. The average Bonchev–Trinajstić information content (AvgIpc) is 3.14. The zero-order valence-electron chi connectivity index (χ0n) is 12.7. The minimum absolute atomic E-state index is 0.00290. The van der Waals surface area contributed by atoms with Gasteiger partial charge in [0.2, 0.25) is 11.1 Å². The van der Waals surface area contributed by atoms with Crippen molar-refractivity contribution in [1.29, 1.82) is 0 Å². The van der Waals surface area contributed by atoms with E-state index in [2.05, 4.69) is 34.3 Å². The van der Waals surface area contributed by atoms with Crippen LogP contribution >= 0.6 is 11.8 Å². The van der Waals surface area contributed by atoms with Gasteiger partial charge in [-0.1, -0.05) is 25.6 Å². The molecule has 0 spiro atoms. The number of hydrogen-bond acceptors (Lipinski definition) is 5. The lowest BCUT2D eigenvalue weighted by Gasteiger charge is -2.05. The molecule has 2 heterocycles. The molecule has 0 aliphatic carbocycles. The summed E-state index contributed by atoms with van der Waals surface area (Å²) in [5, 5.41) is 10.3. The van der Waals surface area contributed by atoms with Gasteiger partial charge in [0, 0.05) is 6.54 Å². The maximum atomic E-state index is 11.7. The second-order valence-corrected chi connectivity index (χ2v) is 6.12. The van der Waals surface area contributed by atoms with Gasteiger partial charge in [0.15, 0.2) is 0 Å². The van der Waals surface area contributed by atoms with Crippen LogP contribution in [0.15, 0.2) is 28.0 Å². The fourth-order valence-corrected chi connectivity index (χ4v) is 2.26. The number of carbonyl (C=O) groups is 1. The Balaban J connectivity index is 1.74. The van der Waals surface area contributed by atoms with Gasteiger partial charge in [0.05, 0.1) is 12.0 Å². The fourth-order valence-electron chi connectivity index (χ4n) is 1.63. The molecule has 6 nitrogen and oxygen atoms in total. The molecular weight excluding hydrogens is 300 g/mol. The highest BCUT2D eigenvalue weighted by atomic mass is 32.2. The molecule has 2 rings (SSSR count). The summed E-state index contributed by atoms with van der Waals surface area (Å²) in [5.41, 5.74) is 0. The summed E-state index contributed by atoms with van der Waals surface area (Å²) < 4.78 is 5.19. The number of thioether (sulfide) groups is 1. The summed E-state index contributed by atoms with van der Waals surface area (Å²) >= 11 is 1.31. The highest BCUT2D eigenvalue weighted by Crippen LogP contribution is 2.13. The number of hydrogen-bond donors (Lipinski definition) is 2. The third-order valence-corrected chi connectivity index (χ3v) is 3.65. The normalized spacial score (nSPS) is 11.4. The molecule has 0 bridgehead atoms. The predicted octanol–water partition coefficient (Wildman–Crippen LogP) is 2.82. The molecule has 118 valence electrons. The van der Waals surface area contributed by atoms with Gasteiger partial charge in [-0.25, -0.2) is 4.98 Å². The van der Waals surface area contributed by atoms with Crippen molar-refractivity contribution in [3.8, 4) is 0 Å². The summed E-state index contributed by atoms with van der Waals surface area (Å²) in [7, 11) is 0. The average molecular weight is 320 g/mol. The molecule has 2 aromatic rings. The molecule has 22 heavy (non-hydrogen) atoms. The van der Waals surface area contributed by atoms with Crippen LogP contribution in [-0.2, 0) is 4.79 Å². The summed E-state index contributed by atoms with van der Waals surface area (Å²) in [6, 6.07) is 3.67. The monoisotopic (exact) mass is 320 g/mol. The molecule has 0 saturated carbocycles. The van der Waals surface area contributed by atoms with Crippen molar-refractivity contribution in [3.63, 3.8) is 0 Å². The molecule has 0 aliphatic rings. The first-order valence-corrected chi connectivity index (χ1v) is 8.15. The van der Waals surface area contributed by atoms with Crippen LogP contribution in [0.25, 0.3) is 12.2 Å².